The molecular formula is C15H20ClNO2S. The third-order valence-electron chi connectivity index (χ3n) is 4.16. The Hall–Kier alpha value is -0.580. The Morgan fingerprint density at radius 3 is 3.20 bits per heavy atom. The Morgan fingerprint density at radius 2 is 2.40 bits per heavy atom. The summed E-state index contributed by atoms with van der Waals surface area (Å²) < 4.78 is 5.73. The maximum absolute atomic E-state index is 12.9. The zero-order valence-corrected chi connectivity index (χ0v) is 13.3. The topological polar surface area (TPSA) is 29.5 Å². The van der Waals surface area contributed by atoms with Gasteiger partial charge in [0.25, 0.3) is 0 Å². The minimum absolute atomic E-state index is 0.0325. The van der Waals surface area contributed by atoms with E-state index in [1.807, 2.05) is 11.8 Å². The number of halogens is 1. The second-order valence-corrected chi connectivity index (χ2v) is 7.02. The molecule has 0 aromatic carbocycles. The third kappa shape index (κ3) is 2.74. The van der Waals surface area contributed by atoms with Crippen LogP contribution in [0.5, 0.6) is 0 Å². The minimum atomic E-state index is -0.0325. The monoisotopic (exact) mass is 313 g/mol. The van der Waals surface area contributed by atoms with Gasteiger partial charge in [-0.25, -0.2) is 0 Å². The summed E-state index contributed by atoms with van der Waals surface area (Å²) in [6.07, 6.45) is 3.25. The number of rotatable bonds is 2. The number of aryl methyl sites for hydroxylation is 1. The summed E-state index contributed by atoms with van der Waals surface area (Å²) in [6.45, 7) is 3.32. The number of hydrogen-bond donors (Lipinski definition) is 0. The van der Waals surface area contributed by atoms with Gasteiger partial charge in [0.15, 0.2) is 0 Å². The highest BCUT2D eigenvalue weighted by Gasteiger charge is 2.34. The zero-order chi connectivity index (χ0) is 14.1. The van der Waals surface area contributed by atoms with Gasteiger partial charge < -0.3 is 9.64 Å². The number of morpholine rings is 1. The van der Waals surface area contributed by atoms with Crippen molar-refractivity contribution in [3.63, 3.8) is 0 Å². The predicted molar refractivity (Wildman–Crippen MR) is 81.6 cm³/mol. The van der Waals surface area contributed by atoms with Gasteiger partial charge in [-0.05, 0) is 43.2 Å². The van der Waals surface area contributed by atoms with Gasteiger partial charge in [0.1, 0.15) is 0 Å². The first-order chi connectivity index (χ1) is 9.69. The van der Waals surface area contributed by atoms with Gasteiger partial charge in [0.2, 0.25) is 5.91 Å². The molecule has 1 aliphatic heterocycles. The average molecular weight is 314 g/mol. The molecular weight excluding hydrogens is 294 g/mol. The summed E-state index contributed by atoms with van der Waals surface area (Å²) in [5.74, 6) is 0.753. The van der Waals surface area contributed by atoms with E-state index in [0.717, 1.165) is 19.3 Å². The van der Waals surface area contributed by atoms with E-state index in [1.54, 1.807) is 11.3 Å². The predicted octanol–water partition coefficient (Wildman–Crippen LogP) is 3.02. The van der Waals surface area contributed by atoms with E-state index in [1.165, 1.54) is 10.4 Å². The van der Waals surface area contributed by atoms with Crippen LogP contribution in [-0.2, 0) is 16.0 Å². The normalized spacial score (nSPS) is 30.1. The van der Waals surface area contributed by atoms with E-state index in [4.69, 9.17) is 16.3 Å². The number of nitrogens with zero attached hydrogens (tertiary/aromatic N) is 1. The van der Waals surface area contributed by atoms with Crippen molar-refractivity contribution in [3.8, 4) is 0 Å². The Balaban J connectivity index is 1.76. The molecule has 1 amide bonds. The first-order valence-corrected chi connectivity index (χ1v) is 8.67. The number of ether oxygens (including phenoxy) is 1. The van der Waals surface area contributed by atoms with Crippen molar-refractivity contribution in [2.45, 2.75) is 44.3 Å². The van der Waals surface area contributed by atoms with Crippen LogP contribution in [0, 0.1) is 0 Å². The molecule has 1 aromatic heterocycles. The lowest BCUT2D eigenvalue weighted by Gasteiger charge is -2.38. The lowest BCUT2D eigenvalue weighted by Crippen LogP contribution is -2.51. The molecule has 1 saturated heterocycles. The van der Waals surface area contributed by atoms with E-state index in [2.05, 4.69) is 11.4 Å². The molecule has 1 aromatic rings. The summed E-state index contributed by atoms with van der Waals surface area (Å²) in [6, 6.07) is 2.13. The quantitative estimate of drug-likeness (QED) is 0.786. The molecule has 20 heavy (non-hydrogen) atoms. The molecule has 2 aliphatic rings. The average Bonchev–Trinajstić information content (AvgIpc) is 2.94. The van der Waals surface area contributed by atoms with Crippen LogP contribution in [0.2, 0.25) is 0 Å². The standard InChI is InChI=1S/C15H20ClNO2S/c1-10-8-17(9-11(7-16)19-10)15(18)13-3-2-4-14-12(13)5-6-20-14/h5-6,10-11,13H,2-4,7-9H2,1H3. The molecule has 110 valence electrons. The van der Waals surface area contributed by atoms with E-state index in [0.29, 0.717) is 19.0 Å². The fourth-order valence-electron chi connectivity index (χ4n) is 3.27. The van der Waals surface area contributed by atoms with Crippen molar-refractivity contribution in [1.82, 2.24) is 4.90 Å². The third-order valence-corrected chi connectivity index (χ3v) is 5.50. The molecule has 0 bridgehead atoms. The zero-order valence-electron chi connectivity index (χ0n) is 11.7. The molecule has 3 unspecified atom stereocenters. The van der Waals surface area contributed by atoms with Crippen LogP contribution in [0.15, 0.2) is 11.4 Å². The molecule has 1 fully saturated rings. The fourth-order valence-corrected chi connectivity index (χ4v) is 4.43. The highest BCUT2D eigenvalue weighted by molar-refractivity contribution is 7.10. The van der Waals surface area contributed by atoms with Crippen LogP contribution >= 0.6 is 22.9 Å². The maximum Gasteiger partial charge on any atom is 0.230 e. The van der Waals surface area contributed by atoms with Crippen molar-refractivity contribution in [2.75, 3.05) is 19.0 Å². The number of fused-ring (bicyclic) bond motifs is 1. The fraction of sp³-hybridized carbons (Fsp3) is 0.667. The van der Waals surface area contributed by atoms with Gasteiger partial charge >= 0.3 is 0 Å². The van der Waals surface area contributed by atoms with Gasteiger partial charge in [-0.3, -0.25) is 4.79 Å². The smallest absolute Gasteiger partial charge is 0.230 e. The van der Waals surface area contributed by atoms with Crippen molar-refractivity contribution < 1.29 is 9.53 Å². The first kappa shape index (κ1) is 14.4. The maximum atomic E-state index is 12.9. The summed E-state index contributed by atoms with van der Waals surface area (Å²) in [5.41, 5.74) is 1.26. The molecule has 1 aliphatic carbocycles. The summed E-state index contributed by atoms with van der Waals surface area (Å²) in [7, 11) is 0. The highest BCUT2D eigenvalue weighted by atomic mass is 35.5. The Morgan fingerprint density at radius 1 is 1.55 bits per heavy atom. The number of carbonyl (C=O) groups excluding carboxylic acids is 1. The lowest BCUT2D eigenvalue weighted by atomic mass is 9.86. The van der Waals surface area contributed by atoms with E-state index in [9.17, 15) is 4.79 Å². The SMILES string of the molecule is CC1CN(C(=O)C2CCCc3sccc32)CC(CCl)O1. The van der Waals surface area contributed by atoms with Gasteiger partial charge in [-0.2, -0.15) is 0 Å². The van der Waals surface area contributed by atoms with E-state index < -0.39 is 0 Å². The van der Waals surface area contributed by atoms with Crippen molar-refractivity contribution in [2.24, 2.45) is 0 Å². The molecule has 5 heteroatoms. The molecule has 3 atom stereocenters. The highest BCUT2D eigenvalue weighted by Crippen LogP contribution is 2.36. The van der Waals surface area contributed by atoms with Crippen LogP contribution in [0.3, 0.4) is 0 Å². The number of amides is 1. The number of alkyl halides is 1. The first-order valence-electron chi connectivity index (χ1n) is 7.25. The van der Waals surface area contributed by atoms with Crippen LogP contribution in [0.1, 0.15) is 36.1 Å². The van der Waals surface area contributed by atoms with Gasteiger partial charge in [-0.15, -0.1) is 22.9 Å². The van der Waals surface area contributed by atoms with Crippen LogP contribution in [0.25, 0.3) is 0 Å². The van der Waals surface area contributed by atoms with Crippen molar-refractivity contribution in [3.05, 3.63) is 21.9 Å². The van der Waals surface area contributed by atoms with Crippen LogP contribution in [-0.4, -0.2) is 42.0 Å². The number of thiophene rings is 1. The van der Waals surface area contributed by atoms with E-state index in [-0.39, 0.29) is 24.0 Å². The second-order valence-electron chi connectivity index (χ2n) is 5.71. The van der Waals surface area contributed by atoms with E-state index >= 15 is 0 Å². The molecule has 2 heterocycles. The molecule has 0 spiro atoms. The number of carbonyl (C=O) groups is 1. The summed E-state index contributed by atoms with van der Waals surface area (Å²) in [4.78, 5) is 16.2. The second kappa shape index (κ2) is 6.04. The Labute approximate surface area is 128 Å². The minimum Gasteiger partial charge on any atom is -0.370 e. The van der Waals surface area contributed by atoms with Gasteiger partial charge in [0.05, 0.1) is 24.0 Å². The molecule has 3 nitrogen and oxygen atoms in total. The summed E-state index contributed by atoms with van der Waals surface area (Å²) >= 11 is 7.69. The Bertz CT molecular complexity index is 490. The molecule has 0 N–H and O–H groups in total. The molecule has 0 saturated carbocycles. The largest absolute Gasteiger partial charge is 0.370 e. The Kier molecular flexibility index (Phi) is 4.34. The van der Waals surface area contributed by atoms with Gasteiger partial charge in [0, 0.05) is 18.0 Å². The van der Waals surface area contributed by atoms with Crippen LogP contribution in [0.4, 0.5) is 0 Å². The van der Waals surface area contributed by atoms with Crippen molar-refractivity contribution >= 4 is 28.8 Å². The lowest BCUT2D eigenvalue weighted by molar-refractivity contribution is -0.144. The van der Waals surface area contributed by atoms with Gasteiger partial charge in [-0.1, -0.05) is 0 Å². The van der Waals surface area contributed by atoms with Crippen molar-refractivity contribution in [1.29, 1.82) is 0 Å². The molecule has 3 rings (SSSR count). The number of hydrogen-bond acceptors (Lipinski definition) is 3. The molecule has 0 radical (unpaired) electrons. The van der Waals surface area contributed by atoms with Crippen LogP contribution < -0.4 is 0 Å². The summed E-state index contributed by atoms with van der Waals surface area (Å²) in [5, 5.41) is 2.11.